The Morgan fingerprint density at radius 1 is 0.829 bits per heavy atom. The van der Waals surface area contributed by atoms with E-state index in [0.29, 0.717) is 25.2 Å². The third-order valence-corrected chi connectivity index (χ3v) is 8.48. The third kappa shape index (κ3) is 5.63. The normalized spacial score (nSPS) is 17.9. The predicted octanol–water partition coefficient (Wildman–Crippen LogP) is 1.48. The van der Waals surface area contributed by atoms with Gasteiger partial charge in [-0.3, -0.25) is 9.69 Å². The van der Waals surface area contributed by atoms with E-state index in [9.17, 15) is 18.5 Å². The topological polar surface area (TPSA) is 112 Å². The molecule has 0 atom stereocenters. The molecule has 0 bridgehead atoms. The van der Waals surface area contributed by atoms with Crippen molar-refractivity contribution < 1.29 is 13.2 Å². The van der Waals surface area contributed by atoms with Crippen LogP contribution in [0.2, 0.25) is 0 Å². The lowest BCUT2D eigenvalue weighted by Crippen LogP contribution is -2.52. The highest BCUT2D eigenvalue weighted by molar-refractivity contribution is 7.89. The zero-order valence-electron chi connectivity index (χ0n) is 19.5. The minimum Gasteiger partial charge on any atom is -0.370 e. The third-order valence-electron chi connectivity index (χ3n) is 6.53. The average Bonchev–Trinajstić information content (AvgIpc) is 3.14. The van der Waals surface area contributed by atoms with Gasteiger partial charge in [0.1, 0.15) is 6.07 Å². The van der Waals surface area contributed by atoms with Crippen LogP contribution in [0.3, 0.4) is 0 Å². The van der Waals surface area contributed by atoms with Gasteiger partial charge in [0.2, 0.25) is 15.9 Å². The van der Waals surface area contributed by atoms with Crippen LogP contribution in [0.1, 0.15) is 17.5 Å². The summed E-state index contributed by atoms with van der Waals surface area (Å²) in [6, 6.07) is 17.8. The molecule has 0 aliphatic carbocycles. The molecule has 0 spiro atoms. The van der Waals surface area contributed by atoms with Gasteiger partial charge in [-0.25, -0.2) is 8.42 Å². The number of nitrogens with zero attached hydrogens (tertiary/aromatic N) is 6. The number of carbonyl (C=O) groups excluding carboxylic acids is 1. The lowest BCUT2D eigenvalue weighted by atomic mass is 10.2. The first-order chi connectivity index (χ1) is 16.9. The minimum absolute atomic E-state index is 0.00583. The van der Waals surface area contributed by atoms with Gasteiger partial charge in [-0.15, -0.1) is 0 Å². The Balaban J connectivity index is 1.30. The van der Waals surface area contributed by atoms with Crippen LogP contribution in [0.5, 0.6) is 0 Å². The van der Waals surface area contributed by atoms with E-state index in [1.807, 2.05) is 30.3 Å². The van der Waals surface area contributed by atoms with Crippen molar-refractivity contribution in [1.82, 2.24) is 14.1 Å². The molecule has 0 saturated carbocycles. The Bertz CT molecular complexity index is 1240. The average molecular weight is 493 g/mol. The van der Waals surface area contributed by atoms with E-state index in [2.05, 4.69) is 15.9 Å². The summed E-state index contributed by atoms with van der Waals surface area (Å²) in [5.41, 5.74) is 1.84. The first-order valence-corrected chi connectivity index (χ1v) is 13.1. The summed E-state index contributed by atoms with van der Waals surface area (Å²) in [6.07, 6.45) is 0.928. The molecular weight excluding hydrogens is 464 g/mol. The molecule has 0 radical (unpaired) electrons. The SMILES string of the molecule is N#Cc1ccc(N2CCCN(CC(=O)N3CCN(S(=O)(=O)c4ccccc4C#N)CC3)CC2)cc1. The van der Waals surface area contributed by atoms with Gasteiger partial charge in [-0.2, -0.15) is 14.8 Å². The molecule has 2 heterocycles. The van der Waals surface area contributed by atoms with Crippen LogP contribution < -0.4 is 4.90 Å². The molecule has 2 aliphatic rings. The van der Waals surface area contributed by atoms with Gasteiger partial charge >= 0.3 is 0 Å². The Hall–Kier alpha value is -3.44. The Kier molecular flexibility index (Phi) is 7.67. The molecular formula is C25H28N6O3S. The summed E-state index contributed by atoms with van der Waals surface area (Å²) in [4.78, 5) is 19.1. The number of anilines is 1. The zero-order chi connectivity index (χ0) is 24.8. The number of carbonyl (C=O) groups is 1. The van der Waals surface area contributed by atoms with Gasteiger partial charge in [0.25, 0.3) is 0 Å². The number of benzene rings is 2. The Morgan fingerprint density at radius 3 is 2.23 bits per heavy atom. The van der Waals surface area contributed by atoms with E-state index in [4.69, 9.17) is 5.26 Å². The molecule has 9 nitrogen and oxygen atoms in total. The van der Waals surface area contributed by atoms with Gasteiger partial charge < -0.3 is 9.80 Å². The van der Waals surface area contributed by atoms with Gasteiger partial charge in [0.15, 0.2) is 0 Å². The van der Waals surface area contributed by atoms with Crippen molar-refractivity contribution in [3.05, 3.63) is 59.7 Å². The zero-order valence-corrected chi connectivity index (χ0v) is 20.3. The summed E-state index contributed by atoms with van der Waals surface area (Å²) >= 11 is 0. The predicted molar refractivity (Wildman–Crippen MR) is 131 cm³/mol. The van der Waals surface area contributed by atoms with Crippen LogP contribution in [0.25, 0.3) is 0 Å². The fourth-order valence-corrected chi connectivity index (χ4v) is 6.09. The molecule has 10 heteroatoms. The van der Waals surface area contributed by atoms with Gasteiger partial charge in [0, 0.05) is 58.0 Å². The molecule has 2 fully saturated rings. The van der Waals surface area contributed by atoms with Gasteiger partial charge in [0.05, 0.1) is 28.6 Å². The van der Waals surface area contributed by atoms with Crippen molar-refractivity contribution in [3.63, 3.8) is 0 Å². The molecule has 35 heavy (non-hydrogen) atoms. The molecule has 2 aromatic rings. The van der Waals surface area contributed by atoms with Crippen molar-refractivity contribution in [3.8, 4) is 12.1 Å². The highest BCUT2D eigenvalue weighted by atomic mass is 32.2. The first kappa shape index (κ1) is 24.7. The standard InChI is InChI=1S/C25H28N6O3S/c26-18-21-6-8-23(9-7-21)29-11-3-10-28(12-13-29)20-25(32)30-14-16-31(17-15-30)35(33,34)24-5-2-1-4-22(24)19-27/h1-2,4-9H,3,10-17,20H2. The van der Waals surface area contributed by atoms with Crippen molar-refractivity contribution in [2.45, 2.75) is 11.3 Å². The molecule has 0 N–H and O–H groups in total. The molecule has 2 saturated heterocycles. The maximum absolute atomic E-state index is 13.0. The Labute approximate surface area is 206 Å². The van der Waals surface area contributed by atoms with Crippen molar-refractivity contribution >= 4 is 21.6 Å². The van der Waals surface area contributed by atoms with E-state index in [-0.39, 0.29) is 29.5 Å². The summed E-state index contributed by atoms with van der Waals surface area (Å²) in [6.45, 7) is 4.64. The quantitative estimate of drug-likeness (QED) is 0.621. The lowest BCUT2D eigenvalue weighted by Gasteiger charge is -2.35. The summed E-state index contributed by atoms with van der Waals surface area (Å²) in [5, 5.41) is 18.3. The molecule has 2 aliphatic heterocycles. The van der Waals surface area contributed by atoms with Crippen LogP contribution in [0, 0.1) is 22.7 Å². The largest absolute Gasteiger partial charge is 0.370 e. The summed E-state index contributed by atoms with van der Waals surface area (Å²) in [5.74, 6) is 0.00583. The van der Waals surface area contributed by atoms with Gasteiger partial charge in [-0.1, -0.05) is 12.1 Å². The number of rotatable bonds is 5. The van der Waals surface area contributed by atoms with Crippen LogP contribution in [-0.4, -0.2) is 87.3 Å². The molecule has 1 amide bonds. The molecule has 2 aromatic carbocycles. The number of piperazine rings is 1. The second-order valence-electron chi connectivity index (χ2n) is 8.67. The van der Waals surface area contributed by atoms with Crippen LogP contribution >= 0.6 is 0 Å². The minimum atomic E-state index is -3.78. The second-order valence-corrected chi connectivity index (χ2v) is 10.6. The Morgan fingerprint density at radius 2 is 1.54 bits per heavy atom. The van der Waals surface area contributed by atoms with E-state index in [0.717, 1.165) is 38.3 Å². The lowest BCUT2D eigenvalue weighted by molar-refractivity contribution is -0.133. The number of amides is 1. The fourth-order valence-electron chi connectivity index (χ4n) is 4.53. The smallest absolute Gasteiger partial charge is 0.244 e. The summed E-state index contributed by atoms with van der Waals surface area (Å²) in [7, 11) is -3.78. The van der Waals surface area contributed by atoms with Crippen molar-refractivity contribution in [1.29, 1.82) is 10.5 Å². The monoisotopic (exact) mass is 492 g/mol. The maximum Gasteiger partial charge on any atom is 0.244 e. The molecule has 182 valence electrons. The van der Waals surface area contributed by atoms with Crippen LogP contribution in [0.15, 0.2) is 53.4 Å². The highest BCUT2D eigenvalue weighted by Crippen LogP contribution is 2.21. The maximum atomic E-state index is 13.0. The van der Waals surface area contributed by atoms with Gasteiger partial charge in [-0.05, 0) is 42.8 Å². The summed E-state index contributed by atoms with van der Waals surface area (Å²) < 4.78 is 27.4. The first-order valence-electron chi connectivity index (χ1n) is 11.7. The van der Waals surface area contributed by atoms with E-state index >= 15 is 0 Å². The fraction of sp³-hybridized carbons (Fsp3) is 0.400. The molecule has 4 rings (SSSR count). The second kappa shape index (κ2) is 10.9. The highest BCUT2D eigenvalue weighted by Gasteiger charge is 2.32. The van der Waals surface area contributed by atoms with Crippen molar-refractivity contribution in [2.75, 3.05) is 63.8 Å². The van der Waals surface area contributed by atoms with Crippen LogP contribution in [0.4, 0.5) is 5.69 Å². The van der Waals surface area contributed by atoms with E-state index in [1.54, 1.807) is 17.0 Å². The molecule has 0 aromatic heterocycles. The van der Waals surface area contributed by atoms with Crippen molar-refractivity contribution in [2.24, 2.45) is 0 Å². The van der Waals surface area contributed by atoms with Crippen LogP contribution in [-0.2, 0) is 14.8 Å². The van der Waals surface area contributed by atoms with E-state index < -0.39 is 10.0 Å². The number of nitriles is 2. The number of hydrogen-bond acceptors (Lipinski definition) is 7. The van der Waals surface area contributed by atoms with E-state index in [1.165, 1.54) is 16.4 Å². The number of hydrogen-bond donors (Lipinski definition) is 0. The molecule has 0 unspecified atom stereocenters. The number of sulfonamides is 1.